The Labute approximate surface area is 143 Å². The Kier molecular flexibility index (Phi) is 7.05. The molecule has 0 radical (unpaired) electrons. The summed E-state index contributed by atoms with van der Waals surface area (Å²) in [5.74, 6) is 1.07. The van der Waals surface area contributed by atoms with Gasteiger partial charge in [0.25, 0.3) is 0 Å². The lowest BCUT2D eigenvalue weighted by molar-refractivity contribution is -0.122. The number of piperidine rings is 1. The van der Waals surface area contributed by atoms with Crippen LogP contribution in [-0.2, 0) is 15.6 Å². The normalized spacial score (nSPS) is 23.0. The molecule has 3 atom stereocenters. The molecular weight excluding hydrogens is 364 g/mol. The Balaban J connectivity index is 1.70. The van der Waals surface area contributed by atoms with Gasteiger partial charge in [-0.2, -0.15) is 0 Å². The quantitative estimate of drug-likeness (QED) is 0.789. The number of hydrogen-bond donors (Lipinski definition) is 2. The molecule has 22 heavy (non-hydrogen) atoms. The molecule has 1 amide bonds. The number of nitrogens with one attached hydrogen (secondary N) is 2. The van der Waals surface area contributed by atoms with Gasteiger partial charge in [0.2, 0.25) is 5.91 Å². The van der Waals surface area contributed by atoms with Crippen LogP contribution in [0.15, 0.2) is 33.6 Å². The Morgan fingerprint density at radius 1 is 1.41 bits per heavy atom. The predicted molar refractivity (Wildman–Crippen MR) is 93.2 cm³/mol. The van der Waals surface area contributed by atoms with Crippen LogP contribution in [0.1, 0.15) is 26.2 Å². The summed E-state index contributed by atoms with van der Waals surface area (Å²) in [7, 11) is -1.03. The zero-order valence-corrected chi connectivity index (χ0v) is 15.2. The van der Waals surface area contributed by atoms with Gasteiger partial charge >= 0.3 is 0 Å². The first-order valence-corrected chi connectivity index (χ1v) is 9.81. The summed E-state index contributed by atoms with van der Waals surface area (Å²) in [4.78, 5) is 12.8. The minimum Gasteiger partial charge on any atom is -0.353 e. The standard InChI is InChI=1S/C16H23BrN2O2S/c1-12-11-18-9-8-15(12)19-16(20)3-2-10-22(21)14-6-4-13(17)5-7-14/h4-7,12,15,18H,2-3,8-11H2,1H3,(H,19,20). The van der Waals surface area contributed by atoms with Crippen molar-refractivity contribution in [1.82, 2.24) is 10.6 Å². The smallest absolute Gasteiger partial charge is 0.220 e. The highest BCUT2D eigenvalue weighted by Crippen LogP contribution is 2.14. The second-order valence-corrected chi connectivity index (χ2v) is 8.24. The third kappa shape index (κ3) is 5.48. The van der Waals surface area contributed by atoms with Gasteiger partial charge in [-0.15, -0.1) is 0 Å². The first kappa shape index (κ1) is 17.6. The number of carbonyl (C=O) groups excluding carboxylic acids is 1. The lowest BCUT2D eigenvalue weighted by Crippen LogP contribution is -2.48. The summed E-state index contributed by atoms with van der Waals surface area (Å²) in [5, 5.41) is 6.43. The van der Waals surface area contributed by atoms with Crippen LogP contribution in [0.3, 0.4) is 0 Å². The van der Waals surface area contributed by atoms with Gasteiger partial charge in [-0.1, -0.05) is 22.9 Å². The third-order valence-electron chi connectivity index (χ3n) is 3.94. The van der Waals surface area contributed by atoms with E-state index in [1.807, 2.05) is 24.3 Å². The number of benzene rings is 1. The van der Waals surface area contributed by atoms with Gasteiger partial charge in [-0.05, 0) is 56.1 Å². The van der Waals surface area contributed by atoms with Crippen LogP contribution in [0.2, 0.25) is 0 Å². The highest BCUT2D eigenvalue weighted by molar-refractivity contribution is 9.10. The predicted octanol–water partition coefficient (Wildman–Crippen LogP) is 2.45. The molecule has 1 aliphatic rings. The number of carbonyl (C=O) groups is 1. The monoisotopic (exact) mass is 386 g/mol. The van der Waals surface area contributed by atoms with Crippen molar-refractivity contribution in [3.8, 4) is 0 Å². The topological polar surface area (TPSA) is 58.2 Å². The summed E-state index contributed by atoms with van der Waals surface area (Å²) in [6.45, 7) is 4.07. The van der Waals surface area contributed by atoms with Gasteiger partial charge in [0.1, 0.15) is 0 Å². The Bertz CT molecular complexity index is 521. The van der Waals surface area contributed by atoms with E-state index in [0.29, 0.717) is 24.5 Å². The molecule has 6 heteroatoms. The van der Waals surface area contributed by atoms with Gasteiger partial charge in [-0.3, -0.25) is 9.00 Å². The Hall–Kier alpha value is -0.720. The molecule has 0 spiro atoms. The zero-order chi connectivity index (χ0) is 15.9. The van der Waals surface area contributed by atoms with Crippen LogP contribution in [0.4, 0.5) is 0 Å². The molecule has 1 fully saturated rings. The van der Waals surface area contributed by atoms with E-state index in [-0.39, 0.29) is 11.9 Å². The van der Waals surface area contributed by atoms with E-state index in [1.165, 1.54) is 0 Å². The van der Waals surface area contributed by atoms with Crippen molar-refractivity contribution in [3.05, 3.63) is 28.7 Å². The molecule has 3 unspecified atom stereocenters. The number of hydrogen-bond acceptors (Lipinski definition) is 3. The van der Waals surface area contributed by atoms with Crippen molar-refractivity contribution in [1.29, 1.82) is 0 Å². The second kappa shape index (κ2) is 8.79. The summed E-state index contributed by atoms with van der Waals surface area (Å²) < 4.78 is 13.1. The third-order valence-corrected chi connectivity index (χ3v) is 5.93. The molecule has 1 saturated heterocycles. The lowest BCUT2D eigenvalue weighted by Gasteiger charge is -2.30. The molecule has 1 heterocycles. The Morgan fingerprint density at radius 2 is 2.14 bits per heavy atom. The van der Waals surface area contributed by atoms with Crippen LogP contribution in [-0.4, -0.2) is 35.0 Å². The molecule has 0 aromatic heterocycles. The second-order valence-electron chi connectivity index (χ2n) is 5.75. The van der Waals surface area contributed by atoms with Gasteiger partial charge in [-0.25, -0.2) is 0 Å². The van der Waals surface area contributed by atoms with E-state index in [1.54, 1.807) is 0 Å². The van der Waals surface area contributed by atoms with Crippen molar-refractivity contribution in [2.75, 3.05) is 18.8 Å². The molecule has 0 aliphatic carbocycles. The molecule has 122 valence electrons. The highest BCUT2D eigenvalue weighted by atomic mass is 79.9. The zero-order valence-electron chi connectivity index (χ0n) is 12.8. The first-order valence-electron chi connectivity index (χ1n) is 7.70. The molecule has 4 nitrogen and oxygen atoms in total. The first-order chi connectivity index (χ1) is 10.6. The number of halogens is 1. The van der Waals surface area contributed by atoms with Crippen LogP contribution in [0, 0.1) is 5.92 Å². The fourth-order valence-corrected chi connectivity index (χ4v) is 3.92. The average Bonchev–Trinajstić information content (AvgIpc) is 2.50. The van der Waals surface area contributed by atoms with Gasteiger partial charge in [0.05, 0.1) is 10.8 Å². The minimum absolute atomic E-state index is 0.0755. The maximum Gasteiger partial charge on any atom is 0.220 e. The van der Waals surface area contributed by atoms with Crippen LogP contribution >= 0.6 is 15.9 Å². The van der Waals surface area contributed by atoms with Crippen LogP contribution in [0.5, 0.6) is 0 Å². The fourth-order valence-electron chi connectivity index (χ4n) is 2.58. The van der Waals surface area contributed by atoms with E-state index in [4.69, 9.17) is 0 Å². The van der Waals surface area contributed by atoms with E-state index in [0.717, 1.165) is 28.9 Å². The van der Waals surface area contributed by atoms with E-state index < -0.39 is 10.8 Å². The summed E-state index contributed by atoms with van der Waals surface area (Å²) in [6.07, 6.45) is 2.07. The molecular formula is C16H23BrN2O2S. The largest absolute Gasteiger partial charge is 0.353 e. The number of rotatable bonds is 6. The molecule has 1 aliphatic heterocycles. The summed E-state index contributed by atoms with van der Waals surface area (Å²) >= 11 is 3.36. The lowest BCUT2D eigenvalue weighted by atomic mass is 9.95. The number of amides is 1. The molecule has 1 aromatic rings. The van der Waals surface area contributed by atoms with E-state index in [9.17, 15) is 9.00 Å². The van der Waals surface area contributed by atoms with Gasteiger partial charge < -0.3 is 10.6 Å². The van der Waals surface area contributed by atoms with Crippen molar-refractivity contribution >= 4 is 32.6 Å². The van der Waals surface area contributed by atoms with Crippen molar-refractivity contribution < 1.29 is 9.00 Å². The van der Waals surface area contributed by atoms with Gasteiger partial charge in [0.15, 0.2) is 0 Å². The van der Waals surface area contributed by atoms with Crippen molar-refractivity contribution in [2.24, 2.45) is 5.92 Å². The summed E-state index contributed by atoms with van der Waals surface area (Å²) in [5.41, 5.74) is 0. The van der Waals surface area contributed by atoms with Gasteiger partial charge in [0, 0.05) is 27.6 Å². The fraction of sp³-hybridized carbons (Fsp3) is 0.562. The van der Waals surface area contributed by atoms with E-state index >= 15 is 0 Å². The molecule has 0 bridgehead atoms. The average molecular weight is 387 g/mol. The summed E-state index contributed by atoms with van der Waals surface area (Å²) in [6, 6.07) is 7.76. The molecule has 0 saturated carbocycles. The van der Waals surface area contributed by atoms with Crippen molar-refractivity contribution in [3.63, 3.8) is 0 Å². The molecule has 2 rings (SSSR count). The highest BCUT2D eigenvalue weighted by Gasteiger charge is 2.22. The maximum atomic E-state index is 12.1. The SMILES string of the molecule is CC1CNCCC1NC(=O)CCCS(=O)c1ccc(Br)cc1. The molecule has 2 N–H and O–H groups in total. The van der Waals surface area contributed by atoms with Crippen LogP contribution in [0.25, 0.3) is 0 Å². The maximum absolute atomic E-state index is 12.1. The molecule has 1 aromatic carbocycles. The minimum atomic E-state index is -1.03. The van der Waals surface area contributed by atoms with Crippen LogP contribution < -0.4 is 10.6 Å². The van der Waals surface area contributed by atoms with Crippen molar-refractivity contribution in [2.45, 2.75) is 37.1 Å². The Morgan fingerprint density at radius 3 is 2.82 bits per heavy atom. The van der Waals surface area contributed by atoms with E-state index in [2.05, 4.69) is 33.5 Å².